The Hall–Kier alpha value is -2.38. The second kappa shape index (κ2) is 5.68. The molecule has 0 unspecified atom stereocenters. The summed E-state index contributed by atoms with van der Waals surface area (Å²) in [4.78, 5) is 0. The smallest absolute Gasteiger partial charge is 0.399 e. The minimum atomic E-state index is -4.82. The van der Waals surface area contributed by atoms with Crippen LogP contribution in [0.5, 0.6) is 0 Å². The van der Waals surface area contributed by atoms with E-state index in [0.29, 0.717) is 6.07 Å². The van der Waals surface area contributed by atoms with Gasteiger partial charge in [0.15, 0.2) is 0 Å². The summed E-state index contributed by atoms with van der Waals surface area (Å²) < 4.78 is 79.1. The quantitative estimate of drug-likeness (QED) is 0.598. The van der Waals surface area contributed by atoms with Crippen LogP contribution in [0.1, 0.15) is 11.1 Å². The van der Waals surface area contributed by atoms with Crippen LogP contribution >= 0.6 is 0 Å². The molecule has 0 saturated heterocycles. The first-order chi connectivity index (χ1) is 10.5. The lowest BCUT2D eigenvalue weighted by Crippen LogP contribution is -2.12. The predicted molar refractivity (Wildman–Crippen MR) is 75.8 cm³/mol. The molecule has 3 N–H and O–H groups in total. The van der Waals surface area contributed by atoms with Gasteiger partial charge >= 0.3 is 12.4 Å². The molecule has 8 heteroatoms. The maximum absolute atomic E-state index is 13.2. The Balaban J connectivity index is 2.77. The second-order valence-electron chi connectivity index (χ2n) is 4.81. The molecule has 0 radical (unpaired) electrons. The molecule has 0 aliphatic heterocycles. The van der Waals surface area contributed by atoms with Gasteiger partial charge in [0.1, 0.15) is 0 Å². The monoisotopic (exact) mass is 334 g/mol. The second-order valence-corrected chi connectivity index (χ2v) is 4.81. The first-order valence-corrected chi connectivity index (χ1v) is 6.40. The Morgan fingerprint density at radius 3 is 1.74 bits per heavy atom. The Morgan fingerprint density at radius 2 is 1.26 bits per heavy atom. The minimum absolute atomic E-state index is 0.144. The van der Waals surface area contributed by atoms with Gasteiger partial charge in [-0.25, -0.2) is 0 Å². The van der Waals surface area contributed by atoms with Crippen LogP contribution in [0, 0.1) is 0 Å². The third-order valence-corrected chi connectivity index (χ3v) is 3.25. The van der Waals surface area contributed by atoms with E-state index in [9.17, 15) is 26.3 Å². The van der Waals surface area contributed by atoms with Crippen LogP contribution in [0.4, 0.5) is 37.7 Å². The van der Waals surface area contributed by atoms with Gasteiger partial charge < -0.3 is 11.1 Å². The zero-order valence-electron chi connectivity index (χ0n) is 11.8. The molecule has 2 nitrogen and oxygen atoms in total. The molecule has 2 rings (SSSR count). The average Bonchev–Trinajstić information content (AvgIpc) is 2.45. The molecule has 0 heterocycles. The van der Waals surface area contributed by atoms with Crippen LogP contribution < -0.4 is 11.1 Å². The third-order valence-electron chi connectivity index (χ3n) is 3.25. The van der Waals surface area contributed by atoms with Crippen molar-refractivity contribution < 1.29 is 26.3 Å². The summed E-state index contributed by atoms with van der Waals surface area (Å²) in [6.07, 6.45) is -9.62. The van der Waals surface area contributed by atoms with E-state index in [2.05, 4.69) is 5.32 Å². The number of nitrogens with two attached hydrogens (primary N) is 1. The molecular weight excluding hydrogens is 322 g/mol. The fourth-order valence-corrected chi connectivity index (χ4v) is 2.20. The van der Waals surface area contributed by atoms with Crippen LogP contribution in [0.2, 0.25) is 0 Å². The lowest BCUT2D eigenvalue weighted by Gasteiger charge is -2.19. The highest BCUT2D eigenvalue weighted by Gasteiger charge is 2.38. The van der Waals surface area contributed by atoms with Gasteiger partial charge in [-0.15, -0.1) is 0 Å². The van der Waals surface area contributed by atoms with Crippen molar-refractivity contribution in [1.29, 1.82) is 0 Å². The molecule has 0 aliphatic rings. The van der Waals surface area contributed by atoms with Crippen LogP contribution in [-0.2, 0) is 12.4 Å². The van der Waals surface area contributed by atoms with Crippen LogP contribution in [-0.4, -0.2) is 7.05 Å². The van der Waals surface area contributed by atoms with Crippen molar-refractivity contribution >= 4 is 11.4 Å². The molecule has 0 spiro atoms. The van der Waals surface area contributed by atoms with Crippen LogP contribution in [0.15, 0.2) is 36.4 Å². The molecule has 0 saturated carbocycles. The molecule has 124 valence electrons. The number of nitrogens with one attached hydrogen (secondary N) is 1. The van der Waals surface area contributed by atoms with Crippen LogP contribution in [0.3, 0.4) is 0 Å². The first-order valence-electron chi connectivity index (χ1n) is 6.40. The van der Waals surface area contributed by atoms with Crippen LogP contribution in [0.25, 0.3) is 11.1 Å². The van der Waals surface area contributed by atoms with E-state index in [1.54, 1.807) is 0 Å². The fourth-order valence-electron chi connectivity index (χ4n) is 2.20. The highest BCUT2D eigenvalue weighted by atomic mass is 19.4. The summed E-state index contributed by atoms with van der Waals surface area (Å²) in [6.45, 7) is 0. The summed E-state index contributed by atoms with van der Waals surface area (Å²) in [5.74, 6) is 0. The molecule has 0 bridgehead atoms. The zero-order valence-corrected chi connectivity index (χ0v) is 11.8. The fraction of sp³-hybridized carbons (Fsp3) is 0.200. The molecule has 2 aromatic carbocycles. The molecule has 0 amide bonds. The molecule has 2 aromatic rings. The minimum Gasteiger partial charge on any atom is -0.399 e. The van der Waals surface area contributed by atoms with E-state index in [4.69, 9.17) is 5.73 Å². The van der Waals surface area contributed by atoms with Gasteiger partial charge in [0, 0.05) is 18.4 Å². The number of hydrogen-bond acceptors (Lipinski definition) is 2. The normalized spacial score (nSPS) is 12.3. The Morgan fingerprint density at radius 1 is 0.783 bits per heavy atom. The molecule has 0 aromatic heterocycles. The molecule has 0 fully saturated rings. The Kier molecular flexibility index (Phi) is 4.19. The number of halogens is 6. The number of rotatable bonds is 2. The van der Waals surface area contributed by atoms with Crippen molar-refractivity contribution in [3.05, 3.63) is 47.5 Å². The largest absolute Gasteiger partial charge is 0.417 e. The number of nitrogen functional groups attached to an aromatic ring is 1. The summed E-state index contributed by atoms with van der Waals surface area (Å²) >= 11 is 0. The molecule has 23 heavy (non-hydrogen) atoms. The van der Waals surface area contributed by atoms with Gasteiger partial charge in [-0.2, -0.15) is 26.3 Å². The number of hydrogen-bond donors (Lipinski definition) is 2. The van der Waals surface area contributed by atoms with Gasteiger partial charge in [-0.1, -0.05) is 12.1 Å². The molecular formula is C15H12F6N2. The van der Waals surface area contributed by atoms with Crippen molar-refractivity contribution in [1.82, 2.24) is 0 Å². The Labute approximate surface area is 127 Å². The predicted octanol–water partition coefficient (Wildman–Crippen LogP) is 5.02. The summed E-state index contributed by atoms with van der Waals surface area (Å²) in [5.41, 5.74) is 1.82. The summed E-state index contributed by atoms with van der Waals surface area (Å²) in [6, 6.07) is 5.77. The van der Waals surface area contributed by atoms with Crippen molar-refractivity contribution in [2.24, 2.45) is 0 Å². The van der Waals surface area contributed by atoms with Gasteiger partial charge in [-0.3, -0.25) is 0 Å². The molecule has 0 aliphatic carbocycles. The highest BCUT2D eigenvalue weighted by molar-refractivity contribution is 5.75. The van der Waals surface area contributed by atoms with Crippen molar-refractivity contribution in [2.45, 2.75) is 12.4 Å². The van der Waals surface area contributed by atoms with E-state index in [0.717, 1.165) is 24.3 Å². The lowest BCUT2D eigenvalue weighted by molar-refractivity contribution is -0.139. The van der Waals surface area contributed by atoms with Gasteiger partial charge in [0.25, 0.3) is 0 Å². The van der Waals surface area contributed by atoms with E-state index in [-0.39, 0.29) is 11.4 Å². The topological polar surface area (TPSA) is 38.0 Å². The highest BCUT2D eigenvalue weighted by Crippen LogP contribution is 2.43. The van der Waals surface area contributed by atoms with Gasteiger partial charge in [-0.05, 0) is 35.4 Å². The lowest BCUT2D eigenvalue weighted by atomic mass is 9.94. The summed E-state index contributed by atoms with van der Waals surface area (Å²) in [5, 5.41) is 2.53. The standard InChI is InChI=1S/C15H12F6N2/c1-23-9-3-5-11(13(7-9)15(19,20)21)10-4-2-8(22)6-12(10)14(16,17)18/h2-7,23H,22H2,1H3. The SMILES string of the molecule is CNc1ccc(-c2ccc(N)cc2C(F)(F)F)c(C(F)(F)F)c1. The van der Waals surface area contributed by atoms with E-state index >= 15 is 0 Å². The summed E-state index contributed by atoms with van der Waals surface area (Å²) in [7, 11) is 1.42. The van der Waals surface area contributed by atoms with Crippen molar-refractivity contribution in [2.75, 3.05) is 18.1 Å². The average molecular weight is 334 g/mol. The van der Waals surface area contributed by atoms with E-state index in [1.807, 2.05) is 0 Å². The maximum atomic E-state index is 13.2. The molecule has 0 atom stereocenters. The zero-order chi connectivity index (χ0) is 17.4. The third kappa shape index (κ3) is 3.52. The maximum Gasteiger partial charge on any atom is 0.417 e. The first kappa shape index (κ1) is 17.0. The van der Waals surface area contributed by atoms with Crippen molar-refractivity contribution in [3.63, 3.8) is 0 Å². The Bertz CT molecular complexity index is 719. The van der Waals surface area contributed by atoms with Gasteiger partial charge in [0.05, 0.1) is 11.1 Å². The van der Waals surface area contributed by atoms with E-state index < -0.39 is 34.6 Å². The number of anilines is 2. The van der Waals surface area contributed by atoms with Gasteiger partial charge in [0.2, 0.25) is 0 Å². The van der Waals surface area contributed by atoms with E-state index in [1.165, 1.54) is 13.1 Å². The number of alkyl halides is 6. The van der Waals surface area contributed by atoms with Crippen molar-refractivity contribution in [3.8, 4) is 11.1 Å². The number of benzene rings is 2.